The molecule has 0 aromatic rings. The average molecular weight is 162 g/mol. The normalized spacial score (nSPS) is 35.7. The van der Waals surface area contributed by atoms with Crippen LogP contribution in [-0.4, -0.2) is 0 Å². The predicted molar refractivity (Wildman–Crippen MR) is 53.0 cm³/mol. The number of hydrogen-bond acceptors (Lipinski definition) is 0. The Morgan fingerprint density at radius 3 is 2.58 bits per heavy atom. The summed E-state index contributed by atoms with van der Waals surface area (Å²) in [4.78, 5) is 0. The Labute approximate surface area is 75.4 Å². The molecule has 0 aliphatic heterocycles. The lowest BCUT2D eigenvalue weighted by atomic mass is 9.78. The zero-order chi connectivity index (χ0) is 8.72. The molecule has 0 heteroatoms. The summed E-state index contributed by atoms with van der Waals surface area (Å²) in [5, 5.41) is 0. The summed E-state index contributed by atoms with van der Waals surface area (Å²) in [6.45, 7) is 8.76. The van der Waals surface area contributed by atoms with Crippen molar-refractivity contribution in [3.8, 4) is 0 Å². The fourth-order valence-electron chi connectivity index (χ4n) is 2.72. The van der Waals surface area contributed by atoms with Crippen molar-refractivity contribution < 1.29 is 0 Å². The van der Waals surface area contributed by atoms with Crippen LogP contribution in [0.3, 0.4) is 0 Å². The molecular weight excluding hydrogens is 144 g/mol. The summed E-state index contributed by atoms with van der Waals surface area (Å²) >= 11 is 0. The van der Waals surface area contributed by atoms with Crippen molar-refractivity contribution >= 4 is 0 Å². The molecule has 0 aromatic carbocycles. The highest BCUT2D eigenvalue weighted by atomic mass is 14.4. The monoisotopic (exact) mass is 162 g/mol. The Balaban J connectivity index is 2.22. The van der Waals surface area contributed by atoms with E-state index in [9.17, 15) is 0 Å². The quantitative estimate of drug-likeness (QED) is 0.476. The van der Waals surface area contributed by atoms with Crippen LogP contribution in [0.2, 0.25) is 0 Å². The van der Waals surface area contributed by atoms with Crippen molar-refractivity contribution in [3.63, 3.8) is 0 Å². The van der Waals surface area contributed by atoms with Gasteiger partial charge in [0, 0.05) is 0 Å². The van der Waals surface area contributed by atoms with Gasteiger partial charge in [-0.25, -0.2) is 0 Å². The van der Waals surface area contributed by atoms with Gasteiger partial charge in [0.05, 0.1) is 0 Å². The maximum atomic E-state index is 4.18. The fourth-order valence-corrected chi connectivity index (χ4v) is 2.72. The minimum atomic E-state index is 0.841. The molecule has 0 amide bonds. The van der Waals surface area contributed by atoms with E-state index in [1.807, 2.05) is 0 Å². The van der Waals surface area contributed by atoms with Gasteiger partial charge in [-0.05, 0) is 51.4 Å². The van der Waals surface area contributed by atoms with E-state index in [4.69, 9.17) is 0 Å². The van der Waals surface area contributed by atoms with Gasteiger partial charge < -0.3 is 0 Å². The second-order valence-electron chi connectivity index (χ2n) is 4.53. The third-order valence-electron chi connectivity index (χ3n) is 3.75. The average Bonchev–Trinajstić information content (AvgIpc) is 2.35. The van der Waals surface area contributed by atoms with E-state index in [1.54, 1.807) is 11.1 Å². The Morgan fingerprint density at radius 1 is 1.17 bits per heavy atom. The zero-order valence-electron chi connectivity index (χ0n) is 8.19. The van der Waals surface area contributed by atoms with Crippen molar-refractivity contribution in [2.75, 3.05) is 0 Å². The lowest BCUT2D eigenvalue weighted by molar-refractivity contribution is 0.390. The van der Waals surface area contributed by atoms with Gasteiger partial charge in [-0.1, -0.05) is 23.3 Å². The minimum Gasteiger partial charge on any atom is -0.0996 e. The summed E-state index contributed by atoms with van der Waals surface area (Å²) in [5.41, 5.74) is 4.79. The van der Waals surface area contributed by atoms with Crippen molar-refractivity contribution in [2.24, 2.45) is 11.8 Å². The van der Waals surface area contributed by atoms with Gasteiger partial charge in [0.2, 0.25) is 0 Å². The van der Waals surface area contributed by atoms with Crippen LogP contribution in [0.1, 0.15) is 39.5 Å². The second kappa shape index (κ2) is 2.76. The summed E-state index contributed by atoms with van der Waals surface area (Å²) < 4.78 is 0. The van der Waals surface area contributed by atoms with E-state index < -0.39 is 0 Å². The van der Waals surface area contributed by atoms with Gasteiger partial charge in [-0.15, -0.1) is 0 Å². The van der Waals surface area contributed by atoms with Crippen LogP contribution >= 0.6 is 0 Å². The second-order valence-corrected chi connectivity index (χ2v) is 4.53. The number of fused-ring (bicyclic) bond motifs is 1. The molecule has 0 aromatic heterocycles. The summed E-state index contributed by atoms with van der Waals surface area (Å²) in [6, 6.07) is 0. The molecule has 2 rings (SSSR count). The molecule has 0 heterocycles. The van der Waals surface area contributed by atoms with Crippen LogP contribution in [-0.2, 0) is 0 Å². The van der Waals surface area contributed by atoms with Gasteiger partial charge in [0.1, 0.15) is 0 Å². The minimum absolute atomic E-state index is 0.841. The van der Waals surface area contributed by atoms with E-state index >= 15 is 0 Å². The Bertz CT molecular complexity index is 245. The summed E-state index contributed by atoms with van der Waals surface area (Å²) in [7, 11) is 0. The van der Waals surface area contributed by atoms with Gasteiger partial charge in [0.15, 0.2) is 0 Å². The maximum absolute atomic E-state index is 4.18. The molecule has 0 unspecified atom stereocenters. The largest absolute Gasteiger partial charge is 0.0996 e. The lowest BCUT2D eigenvalue weighted by Crippen LogP contribution is -2.15. The topological polar surface area (TPSA) is 0 Å². The van der Waals surface area contributed by atoms with E-state index in [0.29, 0.717) is 0 Å². The molecular formula is C12H18. The maximum Gasteiger partial charge on any atom is -0.0137 e. The smallest absolute Gasteiger partial charge is 0.0137 e. The molecule has 2 aliphatic rings. The summed E-state index contributed by atoms with van der Waals surface area (Å²) in [5.74, 6) is 1.79. The first-order valence-corrected chi connectivity index (χ1v) is 5.01. The van der Waals surface area contributed by atoms with Crippen LogP contribution in [0.15, 0.2) is 23.3 Å². The first-order chi connectivity index (χ1) is 5.68. The third kappa shape index (κ3) is 1.14. The molecule has 2 aliphatic carbocycles. The number of allylic oxidation sites excluding steroid dienone is 3. The fraction of sp³-hybridized carbons (Fsp3) is 0.667. The molecule has 0 nitrogen and oxygen atoms in total. The highest BCUT2D eigenvalue weighted by Crippen LogP contribution is 2.46. The Morgan fingerprint density at radius 2 is 1.83 bits per heavy atom. The van der Waals surface area contributed by atoms with Crippen LogP contribution < -0.4 is 0 Å². The molecule has 1 saturated carbocycles. The molecule has 0 spiro atoms. The summed E-state index contributed by atoms with van der Waals surface area (Å²) in [6.07, 6.45) is 5.33. The van der Waals surface area contributed by atoms with Gasteiger partial charge in [-0.2, -0.15) is 0 Å². The van der Waals surface area contributed by atoms with E-state index in [-0.39, 0.29) is 0 Å². The van der Waals surface area contributed by atoms with Crippen molar-refractivity contribution in [1.29, 1.82) is 0 Å². The van der Waals surface area contributed by atoms with Crippen LogP contribution in [0.25, 0.3) is 0 Å². The molecule has 0 N–H and O–H groups in total. The van der Waals surface area contributed by atoms with Crippen LogP contribution in [0.4, 0.5) is 0 Å². The Hall–Kier alpha value is -0.520. The van der Waals surface area contributed by atoms with E-state index in [0.717, 1.165) is 11.8 Å². The van der Waals surface area contributed by atoms with Crippen molar-refractivity contribution in [3.05, 3.63) is 23.3 Å². The first-order valence-electron chi connectivity index (χ1n) is 5.01. The zero-order valence-corrected chi connectivity index (χ0v) is 8.19. The highest BCUT2D eigenvalue weighted by Gasteiger charge is 2.33. The van der Waals surface area contributed by atoms with Crippen LogP contribution in [0.5, 0.6) is 0 Å². The number of rotatable bonds is 0. The standard InChI is InChI=1S/C12H18/c1-8-4-5-11-6-9(2)10(3)7-12(8)11/h11-12H,1,4-7H2,2-3H3/t11-,12-/m1/s1. The third-order valence-corrected chi connectivity index (χ3v) is 3.75. The molecule has 0 radical (unpaired) electrons. The molecule has 1 fully saturated rings. The van der Waals surface area contributed by atoms with Crippen LogP contribution in [0, 0.1) is 11.8 Å². The van der Waals surface area contributed by atoms with Gasteiger partial charge >= 0.3 is 0 Å². The van der Waals surface area contributed by atoms with Crippen molar-refractivity contribution in [1.82, 2.24) is 0 Å². The highest BCUT2D eigenvalue weighted by molar-refractivity contribution is 5.23. The van der Waals surface area contributed by atoms with E-state index in [2.05, 4.69) is 20.4 Å². The lowest BCUT2D eigenvalue weighted by Gasteiger charge is -2.27. The predicted octanol–water partition coefficient (Wildman–Crippen LogP) is 3.70. The molecule has 66 valence electrons. The first kappa shape index (κ1) is 8.10. The molecule has 2 atom stereocenters. The van der Waals surface area contributed by atoms with Gasteiger partial charge in [0.25, 0.3) is 0 Å². The number of hydrogen-bond donors (Lipinski definition) is 0. The van der Waals surface area contributed by atoms with Crippen molar-refractivity contribution in [2.45, 2.75) is 39.5 Å². The molecule has 12 heavy (non-hydrogen) atoms. The molecule has 0 bridgehead atoms. The van der Waals surface area contributed by atoms with E-state index in [1.165, 1.54) is 31.3 Å². The molecule has 0 saturated heterocycles. The SMILES string of the molecule is C=C1CC[C@@H]2CC(C)=C(C)C[C@H]12. The Kier molecular flexibility index (Phi) is 1.86. The van der Waals surface area contributed by atoms with Gasteiger partial charge in [-0.3, -0.25) is 0 Å².